The first-order valence-electron chi connectivity index (χ1n) is 13.2. The average molecular weight is 542 g/mol. The fraction of sp³-hybridized carbons (Fsp3) is 0.519. The average Bonchev–Trinajstić information content (AvgIpc) is 3.54. The first-order valence-corrected chi connectivity index (χ1v) is 14.4. The van der Waals surface area contributed by atoms with Crippen molar-refractivity contribution in [2.24, 2.45) is 0 Å². The van der Waals surface area contributed by atoms with E-state index in [-0.39, 0.29) is 23.9 Å². The van der Waals surface area contributed by atoms with Crippen LogP contribution in [0, 0.1) is 0 Å². The summed E-state index contributed by atoms with van der Waals surface area (Å²) < 4.78 is 5.52. The second-order valence-corrected chi connectivity index (χ2v) is 11.8. The van der Waals surface area contributed by atoms with E-state index >= 15 is 0 Å². The van der Waals surface area contributed by atoms with E-state index in [0.717, 1.165) is 87.8 Å². The fourth-order valence-corrected chi connectivity index (χ4v) is 7.07. The van der Waals surface area contributed by atoms with Crippen LogP contribution in [0.4, 0.5) is 0 Å². The highest BCUT2D eigenvalue weighted by Crippen LogP contribution is 2.29. The summed E-state index contributed by atoms with van der Waals surface area (Å²) in [5.41, 5.74) is 2.42. The summed E-state index contributed by atoms with van der Waals surface area (Å²) in [5.74, 6) is -0.306. The third kappa shape index (κ3) is 5.41. The van der Waals surface area contributed by atoms with Gasteiger partial charge in [-0.15, -0.1) is 11.3 Å². The molecule has 2 aromatic heterocycles. The summed E-state index contributed by atoms with van der Waals surface area (Å²) in [5, 5.41) is 8.41. The van der Waals surface area contributed by atoms with Gasteiger partial charge in [0, 0.05) is 71.7 Å². The summed E-state index contributed by atoms with van der Waals surface area (Å²) in [4.78, 5) is 37.9. The maximum absolute atomic E-state index is 13.2. The largest absolute Gasteiger partial charge is 0.381 e. The van der Waals surface area contributed by atoms with Gasteiger partial charge >= 0.3 is 0 Å². The zero-order chi connectivity index (χ0) is 25.4. The number of benzene rings is 1. The third-order valence-electron chi connectivity index (χ3n) is 7.89. The first kappa shape index (κ1) is 24.9. The molecule has 3 aromatic rings. The number of hydrogen-bond donors (Lipinski definition) is 3. The van der Waals surface area contributed by atoms with Gasteiger partial charge in [0.1, 0.15) is 5.69 Å². The maximum Gasteiger partial charge on any atom is 0.280 e. The number of aromatic nitrogens is 2. The van der Waals surface area contributed by atoms with Crippen molar-refractivity contribution in [1.82, 2.24) is 25.5 Å². The lowest BCUT2D eigenvalue weighted by Crippen LogP contribution is -2.53. The second-order valence-electron chi connectivity index (χ2n) is 10.3. The summed E-state index contributed by atoms with van der Waals surface area (Å²) in [6.45, 7) is 3.51. The van der Waals surface area contributed by atoms with Crippen LogP contribution in [0.1, 0.15) is 69.4 Å². The molecule has 3 N–H and O–H groups in total. The van der Waals surface area contributed by atoms with Crippen LogP contribution in [0.3, 0.4) is 0 Å². The topological polar surface area (TPSA) is 99.3 Å². The van der Waals surface area contributed by atoms with Crippen LogP contribution >= 0.6 is 22.9 Å². The molecule has 0 radical (unpaired) electrons. The molecular weight excluding hydrogens is 510 g/mol. The number of carbonyl (C=O) groups excluding carboxylic acids is 2. The zero-order valence-corrected chi connectivity index (χ0v) is 22.3. The number of nitrogens with one attached hydrogen (secondary N) is 3. The Morgan fingerprint density at radius 1 is 1.05 bits per heavy atom. The standard InChI is InChI=1S/C27H32ClN5O3S/c28-17-5-6-19-16(13-17)14-23(29-19)25(34)30-20-3-1-2-4-21(20)31-26(35)27-32-22-7-10-33(15-24(22)37-27)18-8-11-36-12-9-18/h5-6,13-14,18,20-21,29H,1-4,7-12,15H2,(H,30,34)(H,31,35). The van der Waals surface area contributed by atoms with Crippen molar-refractivity contribution in [3.63, 3.8) is 0 Å². The first-order chi connectivity index (χ1) is 18.0. The molecule has 4 heterocycles. The molecule has 196 valence electrons. The van der Waals surface area contributed by atoms with Crippen LogP contribution in [-0.4, -0.2) is 64.6 Å². The molecule has 2 amide bonds. The highest BCUT2D eigenvalue weighted by Gasteiger charge is 2.32. The van der Waals surface area contributed by atoms with Gasteiger partial charge in [-0.1, -0.05) is 24.4 Å². The van der Waals surface area contributed by atoms with E-state index in [4.69, 9.17) is 21.3 Å². The van der Waals surface area contributed by atoms with Crippen molar-refractivity contribution in [3.05, 3.63) is 50.6 Å². The highest BCUT2D eigenvalue weighted by molar-refractivity contribution is 7.13. The molecule has 1 aliphatic carbocycles. The van der Waals surface area contributed by atoms with Gasteiger partial charge in [-0.2, -0.15) is 0 Å². The van der Waals surface area contributed by atoms with Gasteiger partial charge < -0.3 is 20.4 Å². The van der Waals surface area contributed by atoms with Crippen LogP contribution in [0.2, 0.25) is 5.02 Å². The van der Waals surface area contributed by atoms with Gasteiger partial charge in [0.2, 0.25) is 0 Å². The molecule has 2 fully saturated rings. The van der Waals surface area contributed by atoms with Crippen molar-refractivity contribution in [1.29, 1.82) is 0 Å². The van der Waals surface area contributed by atoms with Crippen LogP contribution in [0.15, 0.2) is 24.3 Å². The molecular formula is C27H32ClN5O3S. The fourth-order valence-electron chi connectivity index (χ4n) is 5.85. The number of thiazole rings is 1. The number of nitrogens with zero attached hydrogens (tertiary/aromatic N) is 2. The number of H-pyrrole nitrogens is 1. The predicted molar refractivity (Wildman–Crippen MR) is 144 cm³/mol. The van der Waals surface area contributed by atoms with E-state index in [2.05, 4.69) is 20.5 Å². The minimum Gasteiger partial charge on any atom is -0.381 e. The summed E-state index contributed by atoms with van der Waals surface area (Å²) in [6.07, 6.45) is 6.74. The normalized spacial score (nSPS) is 23.1. The third-order valence-corrected chi connectivity index (χ3v) is 9.20. The van der Waals surface area contributed by atoms with Crippen molar-refractivity contribution in [2.75, 3.05) is 19.8 Å². The van der Waals surface area contributed by atoms with Gasteiger partial charge in [-0.05, 0) is 49.9 Å². The van der Waals surface area contributed by atoms with Crippen molar-refractivity contribution < 1.29 is 14.3 Å². The molecule has 1 saturated carbocycles. The van der Waals surface area contributed by atoms with Gasteiger partial charge in [0.05, 0.1) is 5.69 Å². The molecule has 8 nitrogen and oxygen atoms in total. The Labute approximate surface area is 225 Å². The SMILES string of the molecule is O=C(NC1CCCCC1NC(=O)c1nc2c(s1)CN(C1CCOCC1)CC2)c1cc2cc(Cl)ccc2[nH]1. The van der Waals surface area contributed by atoms with Crippen LogP contribution in [-0.2, 0) is 17.7 Å². The van der Waals surface area contributed by atoms with Crippen molar-refractivity contribution in [2.45, 2.75) is 69.6 Å². The minimum absolute atomic E-state index is 0.122. The smallest absolute Gasteiger partial charge is 0.280 e. The second kappa shape index (κ2) is 10.7. The van der Waals surface area contributed by atoms with E-state index in [0.29, 0.717) is 21.8 Å². The molecule has 37 heavy (non-hydrogen) atoms. The lowest BCUT2D eigenvalue weighted by molar-refractivity contribution is 0.0293. The summed E-state index contributed by atoms with van der Waals surface area (Å²) >= 11 is 7.61. The van der Waals surface area contributed by atoms with E-state index < -0.39 is 0 Å². The molecule has 2 unspecified atom stereocenters. The number of carbonyl (C=O) groups is 2. The Bertz CT molecular complexity index is 1300. The number of amides is 2. The van der Waals surface area contributed by atoms with E-state index in [1.165, 1.54) is 16.2 Å². The molecule has 1 saturated heterocycles. The van der Waals surface area contributed by atoms with E-state index in [1.54, 1.807) is 6.07 Å². The maximum atomic E-state index is 13.2. The van der Waals surface area contributed by atoms with Gasteiger partial charge in [0.25, 0.3) is 11.8 Å². The molecule has 2 aliphatic heterocycles. The lowest BCUT2D eigenvalue weighted by Gasteiger charge is -2.36. The Kier molecular flexibility index (Phi) is 7.20. The van der Waals surface area contributed by atoms with Crippen LogP contribution < -0.4 is 10.6 Å². The zero-order valence-electron chi connectivity index (χ0n) is 20.7. The molecule has 6 rings (SSSR count). The molecule has 1 aromatic carbocycles. The highest BCUT2D eigenvalue weighted by atomic mass is 35.5. The summed E-state index contributed by atoms with van der Waals surface area (Å²) in [6, 6.07) is 7.63. The van der Waals surface area contributed by atoms with Crippen molar-refractivity contribution >= 4 is 45.7 Å². The Hall–Kier alpha value is -2.46. The van der Waals surface area contributed by atoms with Gasteiger partial charge in [-0.3, -0.25) is 14.5 Å². The Balaban J connectivity index is 1.10. The van der Waals surface area contributed by atoms with E-state index in [9.17, 15) is 9.59 Å². The molecule has 0 spiro atoms. The summed E-state index contributed by atoms with van der Waals surface area (Å²) in [7, 11) is 0. The predicted octanol–water partition coefficient (Wildman–Crippen LogP) is 4.29. The van der Waals surface area contributed by atoms with Crippen LogP contribution in [0.5, 0.6) is 0 Å². The number of ether oxygens (including phenoxy) is 1. The minimum atomic E-state index is -0.170. The van der Waals surface area contributed by atoms with Gasteiger partial charge in [-0.25, -0.2) is 4.98 Å². The monoisotopic (exact) mass is 541 g/mol. The number of fused-ring (bicyclic) bond motifs is 2. The number of hydrogen-bond acceptors (Lipinski definition) is 6. The van der Waals surface area contributed by atoms with Gasteiger partial charge in [0.15, 0.2) is 5.01 Å². The number of halogens is 1. The van der Waals surface area contributed by atoms with E-state index in [1.807, 2.05) is 18.2 Å². The van der Waals surface area contributed by atoms with Crippen LogP contribution in [0.25, 0.3) is 10.9 Å². The van der Waals surface area contributed by atoms with Crippen molar-refractivity contribution in [3.8, 4) is 0 Å². The Morgan fingerprint density at radius 3 is 2.59 bits per heavy atom. The number of aromatic amines is 1. The lowest BCUT2D eigenvalue weighted by atomic mass is 9.90. The molecule has 2 atom stereocenters. The molecule has 10 heteroatoms. The Morgan fingerprint density at radius 2 is 1.81 bits per heavy atom. The molecule has 3 aliphatic rings. The quantitative estimate of drug-likeness (QED) is 0.447. The molecule has 0 bridgehead atoms. The number of rotatable bonds is 5.